The molecule has 1 aliphatic heterocycles. The Hall–Kier alpha value is -4.67. The Labute approximate surface area is 192 Å². The summed E-state index contributed by atoms with van der Waals surface area (Å²) in [4.78, 5) is 53.4. The van der Waals surface area contributed by atoms with Gasteiger partial charge in [0.2, 0.25) is 12.7 Å². The number of carbonyl (C=O) groups is 3. The Morgan fingerprint density at radius 3 is 2.50 bits per heavy atom. The lowest BCUT2D eigenvalue weighted by atomic mass is 10.1. The highest BCUT2D eigenvalue weighted by atomic mass is 16.7. The van der Waals surface area contributed by atoms with E-state index in [9.17, 15) is 19.2 Å². The lowest BCUT2D eigenvalue weighted by Gasteiger charge is -2.12. The number of esters is 2. The largest absolute Gasteiger partial charge is 0.465 e. The number of ether oxygens (including phenoxy) is 4. The second-order valence-corrected chi connectivity index (χ2v) is 7.10. The Morgan fingerprint density at radius 1 is 1.00 bits per heavy atom. The van der Waals surface area contributed by atoms with Crippen LogP contribution in [0, 0.1) is 0 Å². The molecule has 1 aliphatic rings. The molecule has 0 unspecified atom stereocenters. The van der Waals surface area contributed by atoms with Crippen molar-refractivity contribution in [2.24, 2.45) is 0 Å². The van der Waals surface area contributed by atoms with Crippen LogP contribution in [0.15, 0.2) is 53.6 Å². The van der Waals surface area contributed by atoms with E-state index in [0.717, 1.165) is 4.57 Å². The topological polar surface area (TPSA) is 135 Å². The zero-order valence-corrected chi connectivity index (χ0v) is 18.2. The number of hydrogen-bond acceptors (Lipinski definition) is 9. The summed E-state index contributed by atoms with van der Waals surface area (Å²) in [5, 5.41) is 2.53. The minimum Gasteiger partial charge on any atom is -0.465 e. The van der Waals surface area contributed by atoms with Crippen molar-refractivity contribution in [3.8, 4) is 22.8 Å². The molecule has 1 amide bonds. The molecule has 0 radical (unpaired) electrons. The lowest BCUT2D eigenvalue weighted by Crippen LogP contribution is -2.28. The van der Waals surface area contributed by atoms with Crippen LogP contribution >= 0.6 is 0 Å². The molecule has 11 heteroatoms. The van der Waals surface area contributed by atoms with Crippen LogP contribution in [0.3, 0.4) is 0 Å². The van der Waals surface area contributed by atoms with Crippen LogP contribution in [0.25, 0.3) is 11.3 Å². The smallest absolute Gasteiger partial charge is 0.339 e. The van der Waals surface area contributed by atoms with Gasteiger partial charge in [-0.15, -0.1) is 0 Å². The van der Waals surface area contributed by atoms with Crippen molar-refractivity contribution in [2.45, 2.75) is 6.54 Å². The van der Waals surface area contributed by atoms with E-state index in [0.29, 0.717) is 22.8 Å². The minimum absolute atomic E-state index is 0.0344. The SMILES string of the molecule is COC(=O)c1ccc(C(=O)OC)c(NC(=O)Cn2cnc(-c3ccc4c(c3)OCO4)cc2=O)c1. The molecule has 0 saturated carbocycles. The number of methoxy groups -OCH3 is 2. The monoisotopic (exact) mass is 465 g/mol. The molecule has 0 atom stereocenters. The normalized spacial score (nSPS) is 11.6. The minimum atomic E-state index is -0.710. The molecule has 11 nitrogen and oxygen atoms in total. The van der Waals surface area contributed by atoms with Gasteiger partial charge in [-0.1, -0.05) is 0 Å². The predicted molar refractivity (Wildman–Crippen MR) is 118 cm³/mol. The molecular formula is C23H19N3O8. The van der Waals surface area contributed by atoms with Crippen molar-refractivity contribution in [1.29, 1.82) is 0 Å². The van der Waals surface area contributed by atoms with Crippen molar-refractivity contribution in [1.82, 2.24) is 9.55 Å². The molecule has 0 fully saturated rings. The van der Waals surface area contributed by atoms with Crippen LogP contribution in [0.2, 0.25) is 0 Å². The first kappa shape index (κ1) is 22.5. The number of rotatable bonds is 6. The van der Waals surface area contributed by atoms with E-state index in [1.165, 1.54) is 44.8 Å². The fourth-order valence-corrected chi connectivity index (χ4v) is 3.28. The molecule has 4 rings (SSSR count). The quantitative estimate of drug-likeness (QED) is 0.541. The first-order chi connectivity index (χ1) is 16.4. The van der Waals surface area contributed by atoms with Gasteiger partial charge in [-0.05, 0) is 36.4 Å². The van der Waals surface area contributed by atoms with E-state index in [-0.39, 0.29) is 30.2 Å². The average Bonchev–Trinajstić information content (AvgIpc) is 3.32. The van der Waals surface area contributed by atoms with E-state index in [4.69, 9.17) is 14.2 Å². The summed E-state index contributed by atoms with van der Waals surface area (Å²) in [7, 11) is 2.40. The average molecular weight is 465 g/mol. The van der Waals surface area contributed by atoms with Gasteiger partial charge in [-0.3, -0.25) is 14.2 Å². The summed E-state index contributed by atoms with van der Waals surface area (Å²) in [5.74, 6) is -0.813. The lowest BCUT2D eigenvalue weighted by molar-refractivity contribution is -0.116. The Kier molecular flexibility index (Phi) is 6.26. The molecule has 3 aromatic rings. The van der Waals surface area contributed by atoms with Gasteiger partial charge in [0.25, 0.3) is 5.56 Å². The first-order valence-corrected chi connectivity index (χ1v) is 9.96. The number of aromatic nitrogens is 2. The fourth-order valence-electron chi connectivity index (χ4n) is 3.28. The highest BCUT2D eigenvalue weighted by molar-refractivity contribution is 6.03. The van der Waals surface area contributed by atoms with Gasteiger partial charge >= 0.3 is 11.9 Å². The molecule has 0 spiro atoms. The molecular weight excluding hydrogens is 446 g/mol. The van der Waals surface area contributed by atoms with Crippen LogP contribution in [0.4, 0.5) is 5.69 Å². The molecule has 34 heavy (non-hydrogen) atoms. The van der Waals surface area contributed by atoms with Gasteiger partial charge in [0.15, 0.2) is 11.5 Å². The fraction of sp³-hybridized carbons (Fsp3) is 0.174. The number of benzene rings is 2. The Morgan fingerprint density at radius 2 is 1.76 bits per heavy atom. The molecule has 174 valence electrons. The maximum Gasteiger partial charge on any atom is 0.339 e. The predicted octanol–water partition coefficient (Wildman–Crippen LogP) is 1.85. The molecule has 1 aromatic heterocycles. The van der Waals surface area contributed by atoms with Crippen LogP contribution in [0.1, 0.15) is 20.7 Å². The summed E-state index contributed by atoms with van der Waals surface area (Å²) < 4.78 is 21.1. The van der Waals surface area contributed by atoms with Crippen molar-refractivity contribution in [3.05, 3.63) is 70.3 Å². The molecule has 2 heterocycles. The van der Waals surface area contributed by atoms with Crippen LogP contribution in [-0.2, 0) is 20.8 Å². The van der Waals surface area contributed by atoms with Crippen molar-refractivity contribution >= 4 is 23.5 Å². The number of hydrogen-bond donors (Lipinski definition) is 1. The van der Waals surface area contributed by atoms with Crippen molar-refractivity contribution in [3.63, 3.8) is 0 Å². The van der Waals surface area contributed by atoms with Crippen LogP contribution in [0.5, 0.6) is 11.5 Å². The second kappa shape index (κ2) is 9.45. The number of fused-ring (bicyclic) bond motifs is 1. The van der Waals surface area contributed by atoms with Crippen molar-refractivity contribution < 1.29 is 33.3 Å². The van der Waals surface area contributed by atoms with Gasteiger partial charge < -0.3 is 24.3 Å². The maximum atomic E-state index is 12.6. The van der Waals surface area contributed by atoms with E-state index in [1.807, 2.05) is 0 Å². The number of amides is 1. The number of anilines is 1. The van der Waals surface area contributed by atoms with E-state index in [2.05, 4.69) is 15.0 Å². The van der Waals surface area contributed by atoms with Gasteiger partial charge in [0, 0.05) is 11.6 Å². The van der Waals surface area contributed by atoms with Crippen LogP contribution < -0.4 is 20.3 Å². The maximum absolute atomic E-state index is 12.6. The highest BCUT2D eigenvalue weighted by Crippen LogP contribution is 2.35. The summed E-state index contributed by atoms with van der Waals surface area (Å²) >= 11 is 0. The van der Waals surface area contributed by atoms with Gasteiger partial charge in [0.1, 0.15) is 6.54 Å². The van der Waals surface area contributed by atoms with Gasteiger partial charge in [-0.25, -0.2) is 14.6 Å². The zero-order valence-electron chi connectivity index (χ0n) is 18.2. The third-order valence-corrected chi connectivity index (χ3v) is 4.98. The summed E-state index contributed by atoms with van der Waals surface area (Å²) in [6, 6.07) is 10.5. The molecule has 0 saturated heterocycles. The Bertz CT molecular complexity index is 1350. The number of nitrogens with one attached hydrogen (secondary N) is 1. The van der Waals surface area contributed by atoms with Gasteiger partial charge in [-0.2, -0.15) is 0 Å². The number of nitrogens with zero attached hydrogens (tertiary/aromatic N) is 2. The van der Waals surface area contributed by atoms with Crippen molar-refractivity contribution in [2.75, 3.05) is 26.3 Å². The highest BCUT2D eigenvalue weighted by Gasteiger charge is 2.18. The first-order valence-electron chi connectivity index (χ1n) is 9.96. The summed E-state index contributed by atoms with van der Waals surface area (Å²) in [6.45, 7) is -0.251. The molecule has 0 aliphatic carbocycles. The molecule has 0 bridgehead atoms. The summed E-state index contributed by atoms with van der Waals surface area (Å²) in [5.41, 5.74) is 0.788. The third-order valence-electron chi connectivity index (χ3n) is 4.98. The Balaban J connectivity index is 1.54. The van der Waals surface area contributed by atoms with E-state index in [1.54, 1.807) is 18.2 Å². The van der Waals surface area contributed by atoms with E-state index < -0.39 is 23.4 Å². The second-order valence-electron chi connectivity index (χ2n) is 7.10. The zero-order chi connectivity index (χ0) is 24.2. The van der Waals surface area contributed by atoms with E-state index >= 15 is 0 Å². The summed E-state index contributed by atoms with van der Waals surface area (Å²) in [6.07, 6.45) is 1.24. The van der Waals surface area contributed by atoms with Crippen LogP contribution in [-0.4, -0.2) is 48.4 Å². The molecule has 1 N–H and O–H groups in total. The standard InChI is InChI=1S/C23H19N3O8/c1-31-22(29)14-3-5-15(23(30)32-2)17(7-14)25-20(27)10-26-11-24-16(9-21(26)28)13-4-6-18-19(8-13)34-12-33-18/h3-9,11H,10,12H2,1-2H3,(H,25,27). The third kappa shape index (κ3) is 4.58. The number of carbonyl (C=O) groups excluding carboxylic acids is 3. The van der Waals surface area contributed by atoms with Gasteiger partial charge in [0.05, 0.1) is 43.1 Å². The molecule has 2 aromatic carbocycles.